The third-order valence-corrected chi connectivity index (χ3v) is 5.59. The van der Waals surface area contributed by atoms with Crippen LogP contribution in [0.2, 0.25) is 0 Å². The van der Waals surface area contributed by atoms with Crippen LogP contribution in [0, 0.1) is 5.41 Å². The van der Waals surface area contributed by atoms with E-state index in [1.807, 2.05) is 25.3 Å². The van der Waals surface area contributed by atoms with Crippen molar-refractivity contribution in [3.05, 3.63) is 23.0 Å². The van der Waals surface area contributed by atoms with Gasteiger partial charge in [0.05, 0.1) is 21.7 Å². The second-order valence-corrected chi connectivity index (χ2v) is 9.62. The molecule has 24 heavy (non-hydrogen) atoms. The Morgan fingerprint density at radius 2 is 2.00 bits per heavy atom. The molecule has 0 fully saturated rings. The smallest absolute Gasteiger partial charge is 0.253 e. The van der Waals surface area contributed by atoms with Gasteiger partial charge in [0.25, 0.3) is 5.91 Å². The second-order valence-electron chi connectivity index (χ2n) is 6.60. The van der Waals surface area contributed by atoms with E-state index in [0.717, 1.165) is 10.2 Å². The van der Waals surface area contributed by atoms with Gasteiger partial charge in [-0.2, -0.15) is 4.99 Å². The Labute approximate surface area is 145 Å². The maximum absolute atomic E-state index is 12.3. The Morgan fingerprint density at radius 3 is 2.54 bits per heavy atom. The molecule has 8 heteroatoms. The number of sulfone groups is 1. The fourth-order valence-corrected chi connectivity index (χ4v) is 3.84. The van der Waals surface area contributed by atoms with Crippen LogP contribution in [0.15, 0.2) is 28.1 Å². The van der Waals surface area contributed by atoms with E-state index in [0.29, 0.717) is 18.0 Å². The molecular formula is C16H22N2O4S2. The molecule has 1 amide bonds. The number of carbonyl (C=O) groups excluding carboxylic acids is 1. The molecule has 1 aromatic heterocycles. The first-order chi connectivity index (χ1) is 11.0. The quantitative estimate of drug-likeness (QED) is 0.827. The van der Waals surface area contributed by atoms with Gasteiger partial charge in [0.15, 0.2) is 14.6 Å². The standard InChI is InChI=1S/C16H22N2O4S2/c1-16(2,3)14(19)17-15-18(8-9-22-4)12-7-6-11(24(5,20)21)10-13(12)23-15/h6-7,10H,8-9H2,1-5H3. The van der Waals surface area contributed by atoms with Gasteiger partial charge < -0.3 is 9.30 Å². The number of amides is 1. The van der Waals surface area contributed by atoms with E-state index in [1.54, 1.807) is 25.3 Å². The molecule has 0 saturated carbocycles. The maximum Gasteiger partial charge on any atom is 0.253 e. The van der Waals surface area contributed by atoms with Crippen LogP contribution in [0.25, 0.3) is 10.2 Å². The van der Waals surface area contributed by atoms with Crippen LogP contribution in [0.1, 0.15) is 20.8 Å². The molecule has 2 aromatic rings. The predicted octanol–water partition coefficient (Wildman–Crippen LogP) is 2.23. The molecule has 0 aliphatic heterocycles. The molecule has 1 aromatic carbocycles. The van der Waals surface area contributed by atoms with E-state index < -0.39 is 15.3 Å². The van der Waals surface area contributed by atoms with Crippen LogP contribution in [-0.2, 0) is 25.9 Å². The lowest BCUT2D eigenvalue weighted by molar-refractivity contribution is -0.125. The minimum atomic E-state index is -3.29. The monoisotopic (exact) mass is 370 g/mol. The van der Waals surface area contributed by atoms with Gasteiger partial charge in [0.1, 0.15) is 0 Å². The normalized spacial score (nSPS) is 13.6. The van der Waals surface area contributed by atoms with Gasteiger partial charge >= 0.3 is 0 Å². The third kappa shape index (κ3) is 4.12. The van der Waals surface area contributed by atoms with Gasteiger partial charge in [-0.3, -0.25) is 4.79 Å². The van der Waals surface area contributed by atoms with Crippen molar-refractivity contribution in [2.24, 2.45) is 10.4 Å². The third-order valence-electron chi connectivity index (χ3n) is 3.44. The van der Waals surface area contributed by atoms with Crippen LogP contribution in [0.4, 0.5) is 0 Å². The Kier molecular flexibility index (Phi) is 5.31. The zero-order valence-electron chi connectivity index (χ0n) is 14.5. The highest BCUT2D eigenvalue weighted by Crippen LogP contribution is 2.22. The largest absolute Gasteiger partial charge is 0.383 e. The van der Waals surface area contributed by atoms with E-state index in [2.05, 4.69) is 4.99 Å². The number of rotatable bonds is 4. The highest BCUT2D eigenvalue weighted by molar-refractivity contribution is 7.90. The molecular weight excluding hydrogens is 348 g/mol. The molecule has 0 spiro atoms. The fourth-order valence-electron chi connectivity index (χ4n) is 2.02. The van der Waals surface area contributed by atoms with Gasteiger partial charge in [-0.1, -0.05) is 32.1 Å². The summed E-state index contributed by atoms with van der Waals surface area (Å²) in [6.07, 6.45) is 1.18. The zero-order chi connectivity index (χ0) is 18.1. The van der Waals surface area contributed by atoms with Crippen LogP contribution in [0.3, 0.4) is 0 Å². The molecule has 1 heterocycles. The summed E-state index contributed by atoms with van der Waals surface area (Å²) in [5.74, 6) is -0.219. The molecule has 0 atom stereocenters. The lowest BCUT2D eigenvalue weighted by Crippen LogP contribution is -2.24. The van der Waals surface area contributed by atoms with Gasteiger partial charge in [-0.15, -0.1) is 0 Å². The molecule has 0 radical (unpaired) electrons. The molecule has 0 aliphatic carbocycles. The minimum Gasteiger partial charge on any atom is -0.383 e. The predicted molar refractivity (Wildman–Crippen MR) is 94.8 cm³/mol. The summed E-state index contributed by atoms with van der Waals surface area (Å²) in [6, 6.07) is 4.95. The fraction of sp³-hybridized carbons (Fsp3) is 0.500. The first-order valence-corrected chi connectivity index (χ1v) is 10.2. The van der Waals surface area contributed by atoms with Crippen molar-refractivity contribution in [1.82, 2.24) is 4.57 Å². The summed E-state index contributed by atoms with van der Waals surface area (Å²) in [4.78, 5) is 17.3. The number of aromatic nitrogens is 1. The molecule has 0 aliphatic rings. The molecule has 132 valence electrons. The van der Waals surface area contributed by atoms with Crippen molar-refractivity contribution >= 4 is 37.3 Å². The topological polar surface area (TPSA) is 77.7 Å². The van der Waals surface area contributed by atoms with E-state index >= 15 is 0 Å². The summed E-state index contributed by atoms with van der Waals surface area (Å²) in [7, 11) is -1.68. The van der Waals surface area contributed by atoms with Crippen LogP contribution in [-0.4, -0.2) is 38.9 Å². The molecule has 6 nitrogen and oxygen atoms in total. The second kappa shape index (κ2) is 6.78. The van der Waals surface area contributed by atoms with Crippen LogP contribution >= 0.6 is 11.3 Å². The van der Waals surface area contributed by atoms with Crippen molar-refractivity contribution in [1.29, 1.82) is 0 Å². The Balaban J connectivity index is 2.69. The Morgan fingerprint density at radius 1 is 1.33 bits per heavy atom. The average molecular weight is 370 g/mol. The van der Waals surface area contributed by atoms with Crippen LogP contribution in [0.5, 0.6) is 0 Å². The first kappa shape index (κ1) is 18.8. The number of thiazole rings is 1. The van der Waals surface area contributed by atoms with Gasteiger partial charge in [0.2, 0.25) is 0 Å². The van der Waals surface area contributed by atoms with Crippen molar-refractivity contribution in [2.75, 3.05) is 20.0 Å². The van der Waals surface area contributed by atoms with E-state index in [4.69, 9.17) is 4.74 Å². The number of ether oxygens (including phenoxy) is 1. The number of methoxy groups -OCH3 is 1. The Bertz CT molecular complexity index is 931. The average Bonchev–Trinajstić information content (AvgIpc) is 2.79. The minimum absolute atomic E-state index is 0.219. The number of carbonyl (C=O) groups is 1. The lowest BCUT2D eigenvalue weighted by atomic mass is 9.96. The molecule has 0 N–H and O–H groups in total. The molecule has 0 unspecified atom stereocenters. The van der Waals surface area contributed by atoms with Crippen molar-refractivity contribution < 1.29 is 17.9 Å². The number of nitrogens with zero attached hydrogens (tertiary/aromatic N) is 2. The maximum atomic E-state index is 12.3. The summed E-state index contributed by atoms with van der Waals surface area (Å²) in [6.45, 7) is 6.44. The molecule has 0 saturated heterocycles. The summed E-state index contributed by atoms with van der Waals surface area (Å²) in [5.41, 5.74) is 0.262. The van der Waals surface area contributed by atoms with Crippen molar-refractivity contribution in [2.45, 2.75) is 32.2 Å². The highest BCUT2D eigenvalue weighted by Gasteiger charge is 2.21. The summed E-state index contributed by atoms with van der Waals surface area (Å²) in [5, 5.41) is 0. The first-order valence-electron chi connectivity index (χ1n) is 7.45. The number of hydrogen-bond acceptors (Lipinski definition) is 5. The lowest BCUT2D eigenvalue weighted by Gasteiger charge is -2.12. The number of benzene rings is 1. The molecule has 2 rings (SSSR count). The summed E-state index contributed by atoms with van der Waals surface area (Å²) < 4.78 is 31.3. The highest BCUT2D eigenvalue weighted by atomic mass is 32.2. The Hall–Kier alpha value is -1.51. The number of fused-ring (bicyclic) bond motifs is 1. The van der Waals surface area contributed by atoms with Gasteiger partial charge in [-0.05, 0) is 18.2 Å². The summed E-state index contributed by atoms with van der Waals surface area (Å²) >= 11 is 1.30. The van der Waals surface area contributed by atoms with E-state index in [-0.39, 0.29) is 10.8 Å². The van der Waals surface area contributed by atoms with Gasteiger partial charge in [0, 0.05) is 25.3 Å². The van der Waals surface area contributed by atoms with Crippen molar-refractivity contribution in [3.8, 4) is 0 Å². The molecule has 0 bridgehead atoms. The van der Waals surface area contributed by atoms with Crippen molar-refractivity contribution in [3.63, 3.8) is 0 Å². The number of hydrogen-bond donors (Lipinski definition) is 0. The van der Waals surface area contributed by atoms with Gasteiger partial charge in [-0.25, -0.2) is 8.42 Å². The van der Waals surface area contributed by atoms with Crippen LogP contribution < -0.4 is 4.80 Å². The van der Waals surface area contributed by atoms with E-state index in [1.165, 1.54) is 17.6 Å². The zero-order valence-corrected chi connectivity index (χ0v) is 16.1. The van der Waals surface area contributed by atoms with E-state index in [9.17, 15) is 13.2 Å². The SMILES string of the molecule is COCCn1c(=NC(=O)C(C)(C)C)sc2cc(S(C)(=O)=O)ccc21.